The summed E-state index contributed by atoms with van der Waals surface area (Å²) in [6.45, 7) is 0.520. The summed E-state index contributed by atoms with van der Waals surface area (Å²) >= 11 is 0. The highest BCUT2D eigenvalue weighted by atomic mass is 16.5. The number of amides is 1. The van der Waals surface area contributed by atoms with Gasteiger partial charge in [-0.15, -0.1) is 0 Å². The van der Waals surface area contributed by atoms with E-state index in [0.29, 0.717) is 6.54 Å². The van der Waals surface area contributed by atoms with Gasteiger partial charge in [-0.05, 0) is 11.9 Å². The van der Waals surface area contributed by atoms with Crippen LogP contribution in [-0.2, 0) is 11.3 Å². The lowest BCUT2D eigenvalue weighted by Crippen LogP contribution is -2.24. The second kappa shape index (κ2) is 8.33. The van der Waals surface area contributed by atoms with Crippen molar-refractivity contribution in [1.29, 1.82) is 0 Å². The van der Waals surface area contributed by atoms with Crippen LogP contribution in [0.1, 0.15) is 5.56 Å². The van der Waals surface area contributed by atoms with E-state index in [2.05, 4.69) is 5.32 Å². The largest absolute Gasteiger partial charge is 0.455 e. The Morgan fingerprint density at radius 3 is 2.67 bits per heavy atom. The van der Waals surface area contributed by atoms with Crippen molar-refractivity contribution < 1.29 is 19.6 Å². The average Bonchev–Trinajstić information content (AvgIpc) is 2.37. The third-order valence-electron chi connectivity index (χ3n) is 2.09. The topological polar surface area (TPSA) is 78.8 Å². The van der Waals surface area contributed by atoms with Gasteiger partial charge >= 0.3 is 13.2 Å². The predicted octanol–water partition coefficient (Wildman–Crippen LogP) is 0.942. The molecule has 6 heteroatoms. The highest BCUT2D eigenvalue weighted by molar-refractivity contribution is 6.41. The molecule has 0 bridgehead atoms. The fourth-order valence-corrected chi connectivity index (χ4v) is 1.22. The first-order valence-corrected chi connectivity index (χ1v) is 5.64. The molecular formula is C12H16BNO4. The van der Waals surface area contributed by atoms with Crippen LogP contribution < -0.4 is 5.32 Å². The van der Waals surface area contributed by atoms with E-state index in [9.17, 15) is 4.79 Å². The molecule has 18 heavy (non-hydrogen) atoms. The Morgan fingerprint density at radius 2 is 2.00 bits per heavy atom. The summed E-state index contributed by atoms with van der Waals surface area (Å²) in [5, 5.41) is 19.6. The van der Waals surface area contributed by atoms with Crippen LogP contribution in [0, 0.1) is 0 Å². The molecule has 96 valence electrons. The molecule has 0 aliphatic rings. The number of hydrogen-bond donors (Lipinski definition) is 3. The average molecular weight is 249 g/mol. The minimum atomic E-state index is -1.36. The van der Waals surface area contributed by atoms with Gasteiger partial charge in [-0.1, -0.05) is 42.5 Å². The third kappa shape index (κ3) is 6.72. The molecule has 0 aliphatic carbocycles. The Kier molecular flexibility index (Phi) is 6.60. The lowest BCUT2D eigenvalue weighted by atomic mass is 9.86. The first kappa shape index (κ1) is 14.3. The van der Waals surface area contributed by atoms with Crippen molar-refractivity contribution in [1.82, 2.24) is 5.32 Å². The molecule has 0 radical (unpaired) electrons. The van der Waals surface area contributed by atoms with Crippen molar-refractivity contribution >= 4 is 13.2 Å². The molecule has 0 saturated heterocycles. The van der Waals surface area contributed by atoms with Crippen LogP contribution in [0.15, 0.2) is 42.5 Å². The zero-order chi connectivity index (χ0) is 13.2. The number of allylic oxidation sites excluding steroid dienone is 1. The fraction of sp³-hybridized carbons (Fsp3) is 0.250. The van der Waals surface area contributed by atoms with Crippen LogP contribution in [0.25, 0.3) is 0 Å². The maximum atomic E-state index is 11.2. The number of rotatable bonds is 6. The van der Waals surface area contributed by atoms with Gasteiger partial charge in [0.2, 0.25) is 0 Å². The normalized spacial score (nSPS) is 10.3. The molecule has 1 rings (SSSR count). The molecule has 1 amide bonds. The molecule has 1 aromatic rings. The molecule has 5 nitrogen and oxygen atoms in total. The van der Waals surface area contributed by atoms with E-state index in [0.717, 1.165) is 5.56 Å². The monoisotopic (exact) mass is 249 g/mol. The molecule has 0 spiro atoms. The lowest BCUT2D eigenvalue weighted by Gasteiger charge is -2.05. The number of nitrogens with one attached hydrogen (secondary N) is 1. The molecule has 0 aliphatic heterocycles. The highest BCUT2D eigenvalue weighted by Gasteiger charge is 2.02. The molecule has 0 saturated carbocycles. The number of carbonyl (C=O) groups excluding carboxylic acids is 1. The van der Waals surface area contributed by atoms with Gasteiger partial charge in [-0.2, -0.15) is 0 Å². The van der Waals surface area contributed by atoms with E-state index in [1.807, 2.05) is 30.3 Å². The van der Waals surface area contributed by atoms with Crippen molar-refractivity contribution in [2.24, 2.45) is 0 Å². The minimum absolute atomic E-state index is 0.140. The predicted molar refractivity (Wildman–Crippen MR) is 68.8 cm³/mol. The molecule has 0 unspecified atom stereocenters. The van der Waals surface area contributed by atoms with Crippen LogP contribution >= 0.6 is 0 Å². The van der Waals surface area contributed by atoms with E-state index < -0.39 is 13.2 Å². The molecule has 0 aromatic heterocycles. The van der Waals surface area contributed by atoms with Crippen molar-refractivity contribution in [3.05, 3.63) is 48.0 Å². The Labute approximate surface area is 106 Å². The van der Waals surface area contributed by atoms with Gasteiger partial charge in [0.05, 0.1) is 0 Å². The van der Waals surface area contributed by atoms with Crippen LogP contribution in [0.4, 0.5) is 4.79 Å². The summed E-state index contributed by atoms with van der Waals surface area (Å²) in [7, 11) is -1.36. The second-order valence-corrected chi connectivity index (χ2v) is 3.63. The second-order valence-electron chi connectivity index (χ2n) is 3.63. The first-order valence-electron chi connectivity index (χ1n) is 5.64. The van der Waals surface area contributed by atoms with Gasteiger partial charge < -0.3 is 20.1 Å². The number of hydrogen-bond acceptors (Lipinski definition) is 4. The molecule has 1 aromatic carbocycles. The van der Waals surface area contributed by atoms with Crippen molar-refractivity contribution in [3.63, 3.8) is 0 Å². The van der Waals surface area contributed by atoms with E-state index in [1.165, 1.54) is 0 Å². The Balaban J connectivity index is 2.13. The number of alkyl carbamates (subject to hydrolysis) is 1. The molecule has 0 heterocycles. The molecule has 0 atom stereocenters. The van der Waals surface area contributed by atoms with Gasteiger partial charge in [0, 0.05) is 6.54 Å². The lowest BCUT2D eigenvalue weighted by molar-refractivity contribution is 0.140. The smallest absolute Gasteiger partial charge is 0.445 e. The van der Waals surface area contributed by atoms with Gasteiger partial charge in [-0.25, -0.2) is 4.79 Å². The van der Waals surface area contributed by atoms with Gasteiger partial charge in [0.15, 0.2) is 0 Å². The molecule has 3 N–H and O–H groups in total. The number of carbonyl (C=O) groups is 1. The molecular weight excluding hydrogens is 233 g/mol. The summed E-state index contributed by atoms with van der Waals surface area (Å²) in [5.41, 5.74) is 0.923. The summed E-state index contributed by atoms with van der Waals surface area (Å²) in [6, 6.07) is 9.38. The maximum Gasteiger partial charge on any atom is 0.455 e. The van der Waals surface area contributed by atoms with E-state index in [-0.39, 0.29) is 12.9 Å². The maximum absolute atomic E-state index is 11.2. The van der Waals surface area contributed by atoms with Crippen molar-refractivity contribution in [3.8, 4) is 0 Å². The van der Waals surface area contributed by atoms with E-state index >= 15 is 0 Å². The van der Waals surface area contributed by atoms with Gasteiger partial charge in [0.25, 0.3) is 0 Å². The highest BCUT2D eigenvalue weighted by Crippen LogP contribution is 2.00. The Bertz CT molecular complexity index is 381. The van der Waals surface area contributed by atoms with E-state index in [4.69, 9.17) is 14.8 Å². The summed E-state index contributed by atoms with van der Waals surface area (Å²) in [5.74, 6) is 0. The Hall–Kier alpha value is -1.79. The Morgan fingerprint density at radius 1 is 1.28 bits per heavy atom. The number of ether oxygens (including phenoxy) is 1. The zero-order valence-electron chi connectivity index (χ0n) is 9.95. The SMILES string of the molecule is O=C(NCC=CCB(O)O)OCc1ccccc1. The van der Waals surface area contributed by atoms with Crippen molar-refractivity contribution in [2.75, 3.05) is 6.54 Å². The van der Waals surface area contributed by atoms with Crippen molar-refractivity contribution in [2.45, 2.75) is 12.9 Å². The summed E-state index contributed by atoms with van der Waals surface area (Å²) in [4.78, 5) is 11.2. The standard InChI is InChI=1S/C12H16BNO4/c15-12(14-9-5-4-8-13(16)17)18-10-11-6-2-1-3-7-11/h1-7,16-17H,8-10H2,(H,14,15). The van der Waals surface area contributed by atoms with Crippen LogP contribution in [0.3, 0.4) is 0 Å². The summed E-state index contributed by atoms with van der Waals surface area (Å²) in [6.07, 6.45) is 2.83. The zero-order valence-corrected chi connectivity index (χ0v) is 9.95. The summed E-state index contributed by atoms with van der Waals surface area (Å²) < 4.78 is 4.97. The van der Waals surface area contributed by atoms with Gasteiger partial charge in [-0.3, -0.25) is 0 Å². The third-order valence-corrected chi connectivity index (χ3v) is 2.09. The minimum Gasteiger partial charge on any atom is -0.445 e. The van der Waals surface area contributed by atoms with Crippen LogP contribution in [0.5, 0.6) is 0 Å². The molecule has 0 fully saturated rings. The van der Waals surface area contributed by atoms with Gasteiger partial charge in [0.1, 0.15) is 6.61 Å². The fourth-order valence-electron chi connectivity index (χ4n) is 1.22. The first-order chi connectivity index (χ1) is 8.68. The quantitative estimate of drug-likeness (QED) is 0.518. The van der Waals surface area contributed by atoms with Crippen LogP contribution in [-0.4, -0.2) is 29.8 Å². The number of benzene rings is 1. The van der Waals surface area contributed by atoms with Crippen LogP contribution in [0.2, 0.25) is 6.32 Å². The van der Waals surface area contributed by atoms with E-state index in [1.54, 1.807) is 12.2 Å².